The Labute approximate surface area is 127 Å². The van der Waals surface area contributed by atoms with Crippen molar-refractivity contribution in [2.45, 2.75) is 32.7 Å². The number of amides is 1. The molecule has 2 rings (SSSR count). The van der Waals surface area contributed by atoms with Crippen LogP contribution in [0.4, 0.5) is 5.69 Å². The minimum atomic E-state index is 0.128. The Morgan fingerprint density at radius 2 is 2.05 bits per heavy atom. The van der Waals surface area contributed by atoms with Crippen LogP contribution in [0.1, 0.15) is 36.7 Å². The number of rotatable bonds is 5. The smallest absolute Gasteiger partial charge is 0.270 e. The van der Waals surface area contributed by atoms with E-state index in [9.17, 15) is 4.79 Å². The maximum atomic E-state index is 12.7. The first-order chi connectivity index (χ1) is 10.0. The number of hydrogen-bond acceptors (Lipinski definition) is 3. The normalized spacial score (nSPS) is 16.7. The molecular weight excluding hydrogens is 264 g/mol. The van der Waals surface area contributed by atoms with Crippen molar-refractivity contribution in [1.82, 2.24) is 14.4 Å². The van der Waals surface area contributed by atoms with Crippen molar-refractivity contribution in [3.8, 4) is 0 Å². The minimum Gasteiger partial charge on any atom is -0.397 e. The Hall–Kier alpha value is -1.49. The van der Waals surface area contributed by atoms with Gasteiger partial charge < -0.3 is 20.1 Å². The van der Waals surface area contributed by atoms with E-state index in [2.05, 4.69) is 25.9 Å². The molecule has 1 aliphatic rings. The molecule has 5 nitrogen and oxygen atoms in total. The van der Waals surface area contributed by atoms with Crippen molar-refractivity contribution in [1.29, 1.82) is 0 Å². The average molecular weight is 292 g/mol. The third kappa shape index (κ3) is 4.00. The maximum Gasteiger partial charge on any atom is 0.270 e. The third-order valence-electron chi connectivity index (χ3n) is 4.13. The van der Waals surface area contributed by atoms with Gasteiger partial charge in [0.2, 0.25) is 0 Å². The number of aryl methyl sites for hydroxylation is 1. The summed E-state index contributed by atoms with van der Waals surface area (Å²) in [6.07, 6.45) is 5.05. The van der Waals surface area contributed by atoms with Crippen molar-refractivity contribution in [3.63, 3.8) is 0 Å². The molecule has 0 aromatic carbocycles. The first-order valence-corrected chi connectivity index (χ1v) is 7.91. The molecule has 2 N–H and O–H groups in total. The van der Waals surface area contributed by atoms with Gasteiger partial charge in [0.15, 0.2) is 0 Å². The summed E-state index contributed by atoms with van der Waals surface area (Å²) in [4.78, 5) is 16.9. The van der Waals surface area contributed by atoms with E-state index in [1.54, 1.807) is 0 Å². The fourth-order valence-corrected chi connectivity index (χ4v) is 3.14. The number of carbonyl (C=O) groups excluding carboxylic acids is 1. The van der Waals surface area contributed by atoms with Gasteiger partial charge in [-0.15, -0.1) is 0 Å². The molecule has 1 aromatic heterocycles. The summed E-state index contributed by atoms with van der Waals surface area (Å²) < 4.78 is 1.99. The minimum absolute atomic E-state index is 0.128. The highest BCUT2D eigenvalue weighted by Crippen LogP contribution is 2.21. The molecule has 21 heavy (non-hydrogen) atoms. The first-order valence-electron chi connectivity index (χ1n) is 7.91. The van der Waals surface area contributed by atoms with Gasteiger partial charge in [0.05, 0.1) is 5.69 Å². The Kier molecular flexibility index (Phi) is 5.28. The summed E-state index contributed by atoms with van der Waals surface area (Å²) >= 11 is 0. The number of likely N-dealkylation sites (tertiary alicyclic amines) is 1. The van der Waals surface area contributed by atoms with E-state index in [4.69, 9.17) is 5.73 Å². The molecule has 0 aliphatic carbocycles. The first kappa shape index (κ1) is 15.9. The Morgan fingerprint density at radius 3 is 2.62 bits per heavy atom. The van der Waals surface area contributed by atoms with Crippen molar-refractivity contribution in [2.75, 3.05) is 39.5 Å². The highest BCUT2D eigenvalue weighted by Gasteiger charge is 2.25. The van der Waals surface area contributed by atoms with Crippen molar-refractivity contribution in [3.05, 3.63) is 18.0 Å². The number of nitrogens with zero attached hydrogens (tertiary/aromatic N) is 3. The zero-order valence-electron chi connectivity index (χ0n) is 13.5. The zero-order valence-corrected chi connectivity index (χ0v) is 13.5. The second-order valence-corrected chi connectivity index (χ2v) is 6.35. The van der Waals surface area contributed by atoms with Gasteiger partial charge in [-0.25, -0.2) is 0 Å². The van der Waals surface area contributed by atoms with Crippen LogP contribution in [-0.4, -0.2) is 54.0 Å². The van der Waals surface area contributed by atoms with Crippen LogP contribution < -0.4 is 5.73 Å². The Bertz CT molecular complexity index is 473. The third-order valence-corrected chi connectivity index (χ3v) is 4.13. The van der Waals surface area contributed by atoms with Crippen molar-refractivity contribution >= 4 is 11.6 Å². The molecule has 118 valence electrons. The number of hydrogen-bond donors (Lipinski definition) is 1. The summed E-state index contributed by atoms with van der Waals surface area (Å²) in [5.41, 5.74) is 7.27. The van der Waals surface area contributed by atoms with E-state index >= 15 is 0 Å². The summed E-state index contributed by atoms with van der Waals surface area (Å²) in [7, 11) is 4.22. The second kappa shape index (κ2) is 6.98. The van der Waals surface area contributed by atoms with Gasteiger partial charge in [0.25, 0.3) is 5.91 Å². The van der Waals surface area contributed by atoms with Gasteiger partial charge in [-0.05, 0) is 45.3 Å². The molecule has 1 saturated heterocycles. The van der Waals surface area contributed by atoms with Crippen LogP contribution in [-0.2, 0) is 6.54 Å². The SMILES string of the molecule is CCCn1cc(N)cc1C(=O)N1CCC(CN(C)C)CC1. The maximum absolute atomic E-state index is 12.7. The number of nitrogen functional groups attached to an aromatic ring is 1. The van der Waals surface area contributed by atoms with E-state index in [1.807, 2.05) is 21.7 Å². The van der Waals surface area contributed by atoms with Gasteiger partial charge in [-0.2, -0.15) is 0 Å². The lowest BCUT2D eigenvalue weighted by Crippen LogP contribution is -2.41. The number of anilines is 1. The summed E-state index contributed by atoms with van der Waals surface area (Å²) in [5, 5.41) is 0. The highest BCUT2D eigenvalue weighted by atomic mass is 16.2. The Balaban J connectivity index is 1.98. The largest absolute Gasteiger partial charge is 0.397 e. The molecule has 0 unspecified atom stereocenters. The zero-order chi connectivity index (χ0) is 15.4. The molecule has 0 radical (unpaired) electrons. The van der Waals surface area contributed by atoms with E-state index in [0.29, 0.717) is 11.6 Å². The molecule has 1 aromatic rings. The molecule has 1 amide bonds. The van der Waals surface area contributed by atoms with Gasteiger partial charge in [0, 0.05) is 32.4 Å². The lowest BCUT2D eigenvalue weighted by atomic mass is 9.96. The molecule has 5 heteroatoms. The topological polar surface area (TPSA) is 54.5 Å². The standard InChI is InChI=1S/C16H28N4O/c1-4-7-20-12-14(17)10-15(20)16(21)19-8-5-13(6-9-19)11-18(2)3/h10,12-13H,4-9,11,17H2,1-3H3. The number of piperidine rings is 1. The summed E-state index contributed by atoms with van der Waals surface area (Å²) in [6, 6.07) is 1.81. The van der Waals surface area contributed by atoms with Crippen LogP contribution in [0.25, 0.3) is 0 Å². The van der Waals surface area contributed by atoms with Gasteiger partial charge in [0.1, 0.15) is 5.69 Å². The van der Waals surface area contributed by atoms with Gasteiger partial charge in [-0.3, -0.25) is 4.79 Å². The number of nitrogens with two attached hydrogens (primary N) is 1. The summed E-state index contributed by atoms with van der Waals surface area (Å²) in [6.45, 7) is 5.77. The van der Waals surface area contributed by atoms with Crippen LogP contribution in [0, 0.1) is 5.92 Å². The molecule has 1 fully saturated rings. The highest BCUT2D eigenvalue weighted by molar-refractivity contribution is 5.93. The molecule has 2 heterocycles. The lowest BCUT2D eigenvalue weighted by Gasteiger charge is -2.33. The summed E-state index contributed by atoms with van der Waals surface area (Å²) in [5.74, 6) is 0.833. The molecule has 0 spiro atoms. The quantitative estimate of drug-likeness (QED) is 0.901. The van der Waals surface area contributed by atoms with E-state index in [1.165, 1.54) is 0 Å². The van der Waals surface area contributed by atoms with Crippen LogP contribution in [0.5, 0.6) is 0 Å². The van der Waals surface area contributed by atoms with E-state index < -0.39 is 0 Å². The Morgan fingerprint density at radius 1 is 1.38 bits per heavy atom. The van der Waals surface area contributed by atoms with Crippen LogP contribution in [0.3, 0.4) is 0 Å². The van der Waals surface area contributed by atoms with E-state index in [-0.39, 0.29) is 5.91 Å². The molecule has 1 aliphatic heterocycles. The predicted molar refractivity (Wildman–Crippen MR) is 86.3 cm³/mol. The fourth-order valence-electron chi connectivity index (χ4n) is 3.14. The van der Waals surface area contributed by atoms with Crippen LogP contribution in [0.2, 0.25) is 0 Å². The van der Waals surface area contributed by atoms with Crippen LogP contribution in [0.15, 0.2) is 12.3 Å². The molecule has 0 bridgehead atoms. The van der Waals surface area contributed by atoms with Crippen molar-refractivity contribution < 1.29 is 4.79 Å². The number of aromatic nitrogens is 1. The molecule has 0 atom stereocenters. The molecule has 0 saturated carbocycles. The molecular formula is C16H28N4O. The monoisotopic (exact) mass is 292 g/mol. The average Bonchev–Trinajstić information content (AvgIpc) is 2.79. The number of carbonyl (C=O) groups is 1. The second-order valence-electron chi connectivity index (χ2n) is 6.35. The van der Waals surface area contributed by atoms with Crippen molar-refractivity contribution in [2.24, 2.45) is 5.92 Å². The lowest BCUT2D eigenvalue weighted by molar-refractivity contribution is 0.0667. The van der Waals surface area contributed by atoms with E-state index in [0.717, 1.165) is 51.1 Å². The predicted octanol–water partition coefficient (Wildman–Crippen LogP) is 1.89. The van der Waals surface area contributed by atoms with Crippen LogP contribution >= 0.6 is 0 Å². The van der Waals surface area contributed by atoms with Gasteiger partial charge >= 0.3 is 0 Å². The van der Waals surface area contributed by atoms with Gasteiger partial charge in [-0.1, -0.05) is 6.92 Å². The fraction of sp³-hybridized carbons (Fsp3) is 0.688.